The van der Waals surface area contributed by atoms with Crippen LogP contribution in [0.3, 0.4) is 0 Å². The Morgan fingerprint density at radius 1 is 1.38 bits per heavy atom. The smallest absolute Gasteiger partial charge is 0.347 e. The number of piperidine rings is 1. The Morgan fingerprint density at radius 2 is 2.10 bits per heavy atom. The molecular formula is C14H19N3O4. The van der Waals surface area contributed by atoms with Gasteiger partial charge in [0.25, 0.3) is 0 Å². The van der Waals surface area contributed by atoms with Crippen molar-refractivity contribution < 1.29 is 14.3 Å². The summed E-state index contributed by atoms with van der Waals surface area (Å²) in [4.78, 5) is 40.5. The SMILES string of the molecule is CCOC(=O)C1CCN(C(=O)Cn2cccnc2=O)CC1. The van der Waals surface area contributed by atoms with Gasteiger partial charge in [0.1, 0.15) is 6.54 Å². The largest absolute Gasteiger partial charge is 0.466 e. The van der Waals surface area contributed by atoms with E-state index >= 15 is 0 Å². The normalized spacial score (nSPS) is 15.8. The lowest BCUT2D eigenvalue weighted by atomic mass is 9.97. The van der Waals surface area contributed by atoms with Crippen molar-refractivity contribution in [1.82, 2.24) is 14.5 Å². The van der Waals surface area contributed by atoms with Crippen molar-refractivity contribution in [2.24, 2.45) is 5.92 Å². The molecule has 1 aliphatic heterocycles. The average molecular weight is 293 g/mol. The van der Waals surface area contributed by atoms with Gasteiger partial charge in [-0.15, -0.1) is 0 Å². The Balaban J connectivity index is 1.87. The first kappa shape index (κ1) is 15.2. The summed E-state index contributed by atoms with van der Waals surface area (Å²) >= 11 is 0. The maximum absolute atomic E-state index is 12.1. The average Bonchev–Trinajstić information content (AvgIpc) is 2.50. The van der Waals surface area contributed by atoms with E-state index in [0.29, 0.717) is 32.5 Å². The van der Waals surface area contributed by atoms with Crippen LogP contribution in [0.4, 0.5) is 0 Å². The third-order valence-corrected chi connectivity index (χ3v) is 3.56. The molecule has 2 heterocycles. The number of hydrogen-bond donors (Lipinski definition) is 0. The second-order valence-electron chi connectivity index (χ2n) is 4.94. The predicted molar refractivity (Wildman–Crippen MR) is 74.4 cm³/mol. The first-order chi connectivity index (χ1) is 10.1. The summed E-state index contributed by atoms with van der Waals surface area (Å²) in [7, 11) is 0. The van der Waals surface area contributed by atoms with Crippen molar-refractivity contribution in [2.75, 3.05) is 19.7 Å². The van der Waals surface area contributed by atoms with E-state index in [4.69, 9.17) is 4.74 Å². The second-order valence-corrected chi connectivity index (χ2v) is 4.94. The molecule has 0 aliphatic carbocycles. The molecule has 0 bridgehead atoms. The third-order valence-electron chi connectivity index (χ3n) is 3.56. The number of likely N-dealkylation sites (tertiary alicyclic amines) is 1. The fraction of sp³-hybridized carbons (Fsp3) is 0.571. The molecule has 0 N–H and O–H groups in total. The summed E-state index contributed by atoms with van der Waals surface area (Å²) in [5, 5.41) is 0. The minimum atomic E-state index is -0.438. The van der Waals surface area contributed by atoms with E-state index in [1.54, 1.807) is 24.1 Å². The van der Waals surface area contributed by atoms with Gasteiger partial charge in [-0.1, -0.05) is 0 Å². The summed E-state index contributed by atoms with van der Waals surface area (Å²) in [6.45, 7) is 3.16. The van der Waals surface area contributed by atoms with E-state index in [1.807, 2.05) is 0 Å². The molecule has 1 aromatic heterocycles. The van der Waals surface area contributed by atoms with Crippen molar-refractivity contribution in [3.63, 3.8) is 0 Å². The number of ether oxygens (including phenoxy) is 1. The van der Waals surface area contributed by atoms with Crippen LogP contribution in [0.2, 0.25) is 0 Å². The standard InChI is InChI=1S/C14H19N3O4/c1-2-21-13(19)11-4-8-16(9-5-11)12(18)10-17-7-3-6-15-14(17)20/h3,6-7,11H,2,4-5,8-10H2,1H3. The van der Waals surface area contributed by atoms with Crippen LogP contribution in [0.1, 0.15) is 19.8 Å². The van der Waals surface area contributed by atoms with Crippen LogP contribution in [0, 0.1) is 5.92 Å². The zero-order valence-corrected chi connectivity index (χ0v) is 12.0. The van der Waals surface area contributed by atoms with E-state index in [0.717, 1.165) is 0 Å². The first-order valence-corrected chi connectivity index (χ1v) is 7.07. The molecule has 2 rings (SSSR count). The zero-order chi connectivity index (χ0) is 15.2. The lowest BCUT2D eigenvalue weighted by molar-refractivity contribution is -0.151. The molecule has 0 spiro atoms. The van der Waals surface area contributed by atoms with Gasteiger partial charge in [-0.25, -0.2) is 9.78 Å². The van der Waals surface area contributed by atoms with Gasteiger partial charge < -0.3 is 9.64 Å². The first-order valence-electron chi connectivity index (χ1n) is 7.07. The van der Waals surface area contributed by atoms with Crippen LogP contribution in [-0.2, 0) is 20.9 Å². The number of hydrogen-bond acceptors (Lipinski definition) is 5. The number of rotatable bonds is 4. The number of nitrogens with zero attached hydrogens (tertiary/aromatic N) is 3. The molecule has 1 amide bonds. The van der Waals surface area contributed by atoms with E-state index < -0.39 is 5.69 Å². The zero-order valence-electron chi connectivity index (χ0n) is 12.0. The highest BCUT2D eigenvalue weighted by Crippen LogP contribution is 2.18. The monoisotopic (exact) mass is 293 g/mol. The summed E-state index contributed by atoms with van der Waals surface area (Å²) in [6.07, 6.45) is 4.14. The van der Waals surface area contributed by atoms with Crippen LogP contribution in [0.5, 0.6) is 0 Å². The van der Waals surface area contributed by atoms with Gasteiger partial charge in [0.15, 0.2) is 0 Å². The molecule has 0 radical (unpaired) electrons. The maximum atomic E-state index is 12.1. The molecule has 0 saturated carbocycles. The molecule has 7 heteroatoms. The van der Waals surface area contributed by atoms with Gasteiger partial charge in [-0.3, -0.25) is 14.2 Å². The van der Waals surface area contributed by atoms with Gasteiger partial charge in [0.05, 0.1) is 12.5 Å². The number of carbonyl (C=O) groups excluding carboxylic acids is 2. The predicted octanol–water partition coefficient (Wildman–Crippen LogP) is 0.0450. The Bertz CT molecular complexity index is 561. The molecule has 114 valence electrons. The van der Waals surface area contributed by atoms with Crippen molar-refractivity contribution in [3.05, 3.63) is 28.9 Å². The van der Waals surface area contributed by atoms with Gasteiger partial charge >= 0.3 is 11.7 Å². The van der Waals surface area contributed by atoms with Crippen LogP contribution in [-0.4, -0.2) is 46.0 Å². The Kier molecular flexibility index (Phi) is 5.08. The highest BCUT2D eigenvalue weighted by atomic mass is 16.5. The third kappa shape index (κ3) is 3.90. The Hall–Kier alpha value is -2.18. The molecule has 1 aromatic rings. The lowest BCUT2D eigenvalue weighted by Gasteiger charge is -2.31. The minimum absolute atomic E-state index is 0.0171. The molecule has 7 nitrogen and oxygen atoms in total. The summed E-state index contributed by atoms with van der Waals surface area (Å²) < 4.78 is 6.27. The summed E-state index contributed by atoms with van der Waals surface area (Å²) in [5.74, 6) is -0.449. The molecule has 0 unspecified atom stereocenters. The van der Waals surface area contributed by atoms with E-state index in [9.17, 15) is 14.4 Å². The summed E-state index contributed by atoms with van der Waals surface area (Å²) in [5.41, 5.74) is -0.438. The molecule has 0 aromatic carbocycles. The lowest BCUT2D eigenvalue weighted by Crippen LogP contribution is -2.43. The van der Waals surface area contributed by atoms with Crippen LogP contribution >= 0.6 is 0 Å². The summed E-state index contributed by atoms with van der Waals surface area (Å²) in [6, 6.07) is 1.61. The second kappa shape index (κ2) is 7.01. The maximum Gasteiger partial charge on any atom is 0.347 e. The molecule has 1 saturated heterocycles. The fourth-order valence-corrected chi connectivity index (χ4v) is 2.38. The molecule has 21 heavy (non-hydrogen) atoms. The van der Waals surface area contributed by atoms with Gasteiger partial charge in [-0.2, -0.15) is 0 Å². The minimum Gasteiger partial charge on any atom is -0.466 e. The Morgan fingerprint density at radius 3 is 2.71 bits per heavy atom. The van der Waals surface area contributed by atoms with Crippen molar-refractivity contribution in [2.45, 2.75) is 26.3 Å². The fourth-order valence-electron chi connectivity index (χ4n) is 2.38. The topological polar surface area (TPSA) is 81.5 Å². The van der Waals surface area contributed by atoms with Crippen LogP contribution in [0.25, 0.3) is 0 Å². The molecular weight excluding hydrogens is 274 g/mol. The van der Waals surface area contributed by atoms with Gasteiger partial charge in [0.2, 0.25) is 5.91 Å². The van der Waals surface area contributed by atoms with E-state index in [1.165, 1.54) is 10.8 Å². The van der Waals surface area contributed by atoms with Gasteiger partial charge in [-0.05, 0) is 25.8 Å². The Labute approximate surface area is 122 Å². The molecule has 0 atom stereocenters. The molecule has 1 fully saturated rings. The van der Waals surface area contributed by atoms with Crippen LogP contribution in [0.15, 0.2) is 23.3 Å². The quantitative estimate of drug-likeness (QED) is 0.732. The number of esters is 1. The van der Waals surface area contributed by atoms with Gasteiger partial charge in [0, 0.05) is 25.5 Å². The highest BCUT2D eigenvalue weighted by Gasteiger charge is 2.28. The molecule has 1 aliphatic rings. The van der Waals surface area contributed by atoms with E-state index in [2.05, 4.69) is 4.98 Å². The highest BCUT2D eigenvalue weighted by molar-refractivity contribution is 5.77. The number of carbonyl (C=O) groups is 2. The number of aromatic nitrogens is 2. The van der Waals surface area contributed by atoms with E-state index in [-0.39, 0.29) is 24.3 Å². The van der Waals surface area contributed by atoms with Crippen molar-refractivity contribution in [1.29, 1.82) is 0 Å². The van der Waals surface area contributed by atoms with Crippen molar-refractivity contribution >= 4 is 11.9 Å². The number of amides is 1. The van der Waals surface area contributed by atoms with Crippen molar-refractivity contribution in [3.8, 4) is 0 Å². The van der Waals surface area contributed by atoms with Crippen LogP contribution < -0.4 is 5.69 Å².